The second-order valence-electron chi connectivity index (χ2n) is 7.14. The van der Waals surface area contributed by atoms with Gasteiger partial charge in [-0.1, -0.05) is 0 Å². The first-order chi connectivity index (χ1) is 13.6. The molecule has 2 aromatic heterocycles. The quantitative estimate of drug-likeness (QED) is 0.611. The number of methoxy groups -OCH3 is 1. The van der Waals surface area contributed by atoms with E-state index in [1.165, 1.54) is 17.0 Å². The topological polar surface area (TPSA) is 56.1 Å². The van der Waals surface area contributed by atoms with E-state index in [1.54, 1.807) is 24.5 Å². The van der Waals surface area contributed by atoms with Crippen LogP contribution in [0.5, 0.6) is 11.5 Å². The Morgan fingerprint density at radius 3 is 2.71 bits per heavy atom. The van der Waals surface area contributed by atoms with E-state index in [-0.39, 0.29) is 5.56 Å². The Bertz CT molecular complexity index is 1010. The Kier molecular flexibility index (Phi) is 5.64. The zero-order valence-electron chi connectivity index (χ0n) is 16.3. The van der Waals surface area contributed by atoms with Crippen LogP contribution in [0, 0.1) is 0 Å². The number of rotatable bonds is 7. The molecular formula is C21H25N3O3S. The van der Waals surface area contributed by atoms with E-state index in [0.717, 1.165) is 48.0 Å². The second-order valence-corrected chi connectivity index (χ2v) is 8.21. The van der Waals surface area contributed by atoms with E-state index in [9.17, 15) is 4.79 Å². The van der Waals surface area contributed by atoms with Crippen molar-refractivity contribution in [1.82, 2.24) is 14.3 Å². The summed E-state index contributed by atoms with van der Waals surface area (Å²) in [6.07, 6.45) is 4.42. The summed E-state index contributed by atoms with van der Waals surface area (Å²) in [5.41, 5.74) is 2.04. The summed E-state index contributed by atoms with van der Waals surface area (Å²) in [5, 5.41) is 0. The van der Waals surface area contributed by atoms with E-state index in [1.807, 2.05) is 35.7 Å². The Balaban J connectivity index is 1.38. The number of hydrogen-bond donors (Lipinski definition) is 0. The van der Waals surface area contributed by atoms with Gasteiger partial charge in [-0.25, -0.2) is 4.98 Å². The Labute approximate surface area is 168 Å². The maximum Gasteiger partial charge on any atom is 0.259 e. The summed E-state index contributed by atoms with van der Waals surface area (Å²) in [4.78, 5) is 21.7. The smallest absolute Gasteiger partial charge is 0.259 e. The molecule has 0 saturated carbocycles. The van der Waals surface area contributed by atoms with E-state index in [0.29, 0.717) is 13.2 Å². The van der Waals surface area contributed by atoms with Crippen molar-refractivity contribution < 1.29 is 9.47 Å². The molecule has 28 heavy (non-hydrogen) atoms. The van der Waals surface area contributed by atoms with E-state index >= 15 is 0 Å². The molecule has 0 bridgehead atoms. The van der Waals surface area contributed by atoms with E-state index in [2.05, 4.69) is 4.90 Å². The Hall–Kier alpha value is -2.38. The maximum absolute atomic E-state index is 12.6. The number of hydrogen-bond acceptors (Lipinski definition) is 6. The predicted octanol–water partition coefficient (Wildman–Crippen LogP) is 3.15. The number of likely N-dealkylation sites (N-methyl/N-ethyl adjacent to an activating group) is 1. The molecule has 0 fully saturated rings. The van der Waals surface area contributed by atoms with Gasteiger partial charge in [0, 0.05) is 29.7 Å². The molecule has 4 rings (SSSR count). The van der Waals surface area contributed by atoms with Gasteiger partial charge in [-0.05, 0) is 57.0 Å². The maximum atomic E-state index is 12.6. The molecule has 0 amide bonds. The molecule has 148 valence electrons. The minimum absolute atomic E-state index is 0.0438. The van der Waals surface area contributed by atoms with Crippen LogP contribution in [0.3, 0.4) is 0 Å². The SMILES string of the molecule is COc1ccc(OCCN(C)Cc2cc(=O)n3c4c(sc3n2)CCCC4)cc1. The van der Waals surface area contributed by atoms with Gasteiger partial charge >= 0.3 is 0 Å². The first-order valence-electron chi connectivity index (χ1n) is 9.62. The number of benzene rings is 1. The van der Waals surface area contributed by atoms with Crippen LogP contribution in [-0.4, -0.2) is 41.6 Å². The van der Waals surface area contributed by atoms with Gasteiger partial charge in [-0.2, -0.15) is 0 Å². The molecule has 0 atom stereocenters. The van der Waals surface area contributed by atoms with Gasteiger partial charge in [0.05, 0.1) is 12.8 Å². The van der Waals surface area contributed by atoms with Gasteiger partial charge in [0.15, 0.2) is 4.96 Å². The molecular weight excluding hydrogens is 374 g/mol. The number of aryl methyl sites for hydroxylation is 2. The predicted molar refractivity (Wildman–Crippen MR) is 111 cm³/mol. The van der Waals surface area contributed by atoms with Crippen LogP contribution in [0.15, 0.2) is 35.1 Å². The van der Waals surface area contributed by atoms with E-state index in [4.69, 9.17) is 14.5 Å². The lowest BCUT2D eigenvalue weighted by molar-refractivity contribution is 0.231. The third-order valence-corrected chi connectivity index (χ3v) is 6.19. The lowest BCUT2D eigenvalue weighted by Gasteiger charge is -2.16. The molecule has 1 aromatic carbocycles. The van der Waals surface area contributed by atoms with Gasteiger partial charge in [0.2, 0.25) is 0 Å². The fourth-order valence-electron chi connectivity index (χ4n) is 3.57. The minimum Gasteiger partial charge on any atom is -0.497 e. The highest BCUT2D eigenvalue weighted by atomic mass is 32.1. The van der Waals surface area contributed by atoms with Crippen LogP contribution >= 0.6 is 11.3 Å². The number of thiazole rings is 1. The molecule has 3 aromatic rings. The van der Waals surface area contributed by atoms with Crippen molar-refractivity contribution in [3.63, 3.8) is 0 Å². The van der Waals surface area contributed by atoms with Crippen LogP contribution in [0.1, 0.15) is 29.1 Å². The fourth-order valence-corrected chi connectivity index (χ4v) is 4.80. The van der Waals surface area contributed by atoms with Gasteiger partial charge < -0.3 is 9.47 Å². The molecule has 0 unspecified atom stereocenters. The molecule has 2 heterocycles. The van der Waals surface area contributed by atoms with Gasteiger partial charge in [-0.3, -0.25) is 14.1 Å². The molecule has 0 N–H and O–H groups in total. The van der Waals surface area contributed by atoms with Gasteiger partial charge in [0.1, 0.15) is 18.1 Å². The lowest BCUT2D eigenvalue weighted by atomic mass is 10.0. The Morgan fingerprint density at radius 1 is 1.18 bits per heavy atom. The van der Waals surface area contributed by atoms with Crippen molar-refractivity contribution in [3.05, 3.63) is 57.0 Å². The highest BCUT2D eigenvalue weighted by Crippen LogP contribution is 2.28. The average molecular weight is 400 g/mol. The Morgan fingerprint density at radius 2 is 1.93 bits per heavy atom. The average Bonchev–Trinajstić information content (AvgIpc) is 3.07. The van der Waals surface area contributed by atoms with Gasteiger partial charge in [0.25, 0.3) is 5.56 Å². The standard InChI is InChI=1S/C21H25N3O3S/c1-23(11-12-27-17-9-7-16(26-2)8-10-17)14-15-13-20(25)24-18-5-3-4-6-19(18)28-21(24)22-15/h7-10,13H,3-6,11-12,14H2,1-2H3. The summed E-state index contributed by atoms with van der Waals surface area (Å²) in [6.45, 7) is 1.94. The van der Waals surface area contributed by atoms with Crippen molar-refractivity contribution >= 4 is 16.3 Å². The number of ether oxygens (including phenoxy) is 2. The molecule has 1 aliphatic rings. The molecule has 0 aliphatic heterocycles. The van der Waals surface area contributed by atoms with Crippen molar-refractivity contribution in [2.45, 2.75) is 32.2 Å². The van der Waals surface area contributed by atoms with Crippen LogP contribution in [-0.2, 0) is 19.4 Å². The van der Waals surface area contributed by atoms with Crippen molar-refractivity contribution in [2.75, 3.05) is 27.3 Å². The van der Waals surface area contributed by atoms with Gasteiger partial charge in [-0.15, -0.1) is 11.3 Å². The first-order valence-corrected chi connectivity index (χ1v) is 10.4. The summed E-state index contributed by atoms with van der Waals surface area (Å²) < 4.78 is 12.7. The van der Waals surface area contributed by atoms with Crippen LogP contribution < -0.4 is 15.0 Å². The molecule has 0 radical (unpaired) electrons. The molecule has 1 aliphatic carbocycles. The largest absolute Gasteiger partial charge is 0.497 e. The highest BCUT2D eigenvalue weighted by Gasteiger charge is 2.18. The zero-order valence-corrected chi connectivity index (χ0v) is 17.1. The summed E-state index contributed by atoms with van der Waals surface area (Å²) >= 11 is 1.67. The fraction of sp³-hybridized carbons (Fsp3) is 0.429. The van der Waals surface area contributed by atoms with E-state index < -0.39 is 0 Å². The molecule has 7 heteroatoms. The van der Waals surface area contributed by atoms with Crippen LogP contribution in [0.2, 0.25) is 0 Å². The number of aromatic nitrogens is 2. The summed E-state index contributed by atoms with van der Waals surface area (Å²) in [7, 11) is 3.66. The lowest BCUT2D eigenvalue weighted by Crippen LogP contribution is -2.26. The first kappa shape index (κ1) is 19.0. The van der Waals surface area contributed by atoms with Crippen molar-refractivity contribution in [2.24, 2.45) is 0 Å². The monoisotopic (exact) mass is 399 g/mol. The third kappa shape index (κ3) is 4.05. The highest BCUT2D eigenvalue weighted by molar-refractivity contribution is 7.17. The zero-order chi connectivity index (χ0) is 19.5. The number of fused-ring (bicyclic) bond motifs is 3. The minimum atomic E-state index is 0.0438. The van der Waals surface area contributed by atoms with Crippen molar-refractivity contribution in [1.29, 1.82) is 0 Å². The summed E-state index contributed by atoms with van der Waals surface area (Å²) in [5.74, 6) is 1.63. The molecule has 0 spiro atoms. The van der Waals surface area contributed by atoms with Crippen molar-refractivity contribution in [3.8, 4) is 11.5 Å². The van der Waals surface area contributed by atoms with Crippen LogP contribution in [0.25, 0.3) is 4.96 Å². The van der Waals surface area contributed by atoms with Crippen LogP contribution in [0.4, 0.5) is 0 Å². The summed E-state index contributed by atoms with van der Waals surface area (Å²) in [6, 6.07) is 9.23. The normalized spacial score (nSPS) is 13.7. The molecule has 6 nitrogen and oxygen atoms in total. The number of nitrogens with zero attached hydrogens (tertiary/aromatic N) is 3. The molecule has 0 saturated heterocycles. The third-order valence-electron chi connectivity index (χ3n) is 5.05. The second kappa shape index (κ2) is 8.32.